The minimum atomic E-state index is -0.209. The molecule has 5 nitrogen and oxygen atoms in total. The number of rotatable bonds is 4. The van der Waals surface area contributed by atoms with Gasteiger partial charge in [0.05, 0.1) is 12.8 Å². The molecular weight excluding hydrogens is 254 g/mol. The average Bonchev–Trinajstić information content (AvgIpc) is 2.48. The molecule has 0 saturated carbocycles. The molecule has 0 fully saturated rings. The van der Waals surface area contributed by atoms with Gasteiger partial charge in [0.25, 0.3) is 0 Å². The lowest BCUT2D eigenvalue weighted by atomic mass is 10.1. The van der Waals surface area contributed by atoms with Crippen molar-refractivity contribution >= 4 is 11.7 Å². The molecule has 2 aromatic rings. The molecule has 0 bridgehead atoms. The molecule has 0 aliphatic heterocycles. The first-order valence-corrected chi connectivity index (χ1v) is 6.39. The molecule has 0 spiro atoms. The Morgan fingerprint density at radius 3 is 2.60 bits per heavy atom. The van der Waals surface area contributed by atoms with Crippen molar-refractivity contribution in [3.8, 4) is 17.1 Å². The van der Waals surface area contributed by atoms with Crippen LogP contribution < -0.4 is 15.4 Å². The van der Waals surface area contributed by atoms with E-state index in [2.05, 4.69) is 15.6 Å². The van der Waals surface area contributed by atoms with Crippen LogP contribution in [0.2, 0.25) is 0 Å². The summed E-state index contributed by atoms with van der Waals surface area (Å²) in [6.45, 7) is 2.47. The Bertz CT molecular complexity index is 582. The van der Waals surface area contributed by atoms with Gasteiger partial charge in [0.1, 0.15) is 0 Å². The Balaban J connectivity index is 2.13. The number of carbonyl (C=O) groups is 1. The first kappa shape index (κ1) is 13.9. The number of nitrogens with one attached hydrogen (secondary N) is 2. The Morgan fingerprint density at radius 1 is 1.20 bits per heavy atom. The molecule has 104 valence electrons. The summed E-state index contributed by atoms with van der Waals surface area (Å²) in [5, 5.41) is 5.43. The van der Waals surface area contributed by atoms with Gasteiger partial charge < -0.3 is 15.4 Å². The van der Waals surface area contributed by atoms with Crippen LogP contribution in [0.5, 0.6) is 5.88 Å². The molecule has 1 aromatic heterocycles. The highest BCUT2D eigenvalue weighted by Crippen LogP contribution is 2.21. The zero-order chi connectivity index (χ0) is 14.4. The molecule has 5 heteroatoms. The number of methoxy groups -OCH3 is 1. The van der Waals surface area contributed by atoms with E-state index in [0.29, 0.717) is 12.4 Å². The predicted octanol–water partition coefficient (Wildman–Crippen LogP) is 2.90. The predicted molar refractivity (Wildman–Crippen MR) is 78.9 cm³/mol. The molecule has 0 radical (unpaired) electrons. The van der Waals surface area contributed by atoms with E-state index in [1.807, 2.05) is 43.3 Å². The summed E-state index contributed by atoms with van der Waals surface area (Å²) in [7, 11) is 1.59. The van der Waals surface area contributed by atoms with E-state index in [9.17, 15) is 4.79 Å². The highest BCUT2D eigenvalue weighted by Gasteiger charge is 2.03. The maximum absolute atomic E-state index is 11.4. The second-order valence-electron chi connectivity index (χ2n) is 4.13. The smallest absolute Gasteiger partial charge is 0.319 e. The van der Waals surface area contributed by atoms with Crippen LogP contribution in [0.3, 0.4) is 0 Å². The molecule has 1 aromatic carbocycles. The van der Waals surface area contributed by atoms with Crippen molar-refractivity contribution in [3.05, 3.63) is 42.5 Å². The topological polar surface area (TPSA) is 63.2 Å². The number of hydrogen-bond acceptors (Lipinski definition) is 3. The van der Waals surface area contributed by atoms with Crippen LogP contribution >= 0.6 is 0 Å². The Labute approximate surface area is 118 Å². The molecule has 2 N–H and O–H groups in total. The van der Waals surface area contributed by atoms with E-state index in [-0.39, 0.29) is 6.03 Å². The van der Waals surface area contributed by atoms with Gasteiger partial charge in [0.15, 0.2) is 0 Å². The van der Waals surface area contributed by atoms with Crippen LogP contribution in [0, 0.1) is 0 Å². The van der Waals surface area contributed by atoms with Crippen molar-refractivity contribution in [2.24, 2.45) is 0 Å². The standard InChI is InChI=1S/C15H17N3O2/c1-3-16-15(19)17-12-9-7-11(8-10-12)13-5-4-6-14(18-13)20-2/h4-10H,3H2,1-2H3,(H2,16,17,19). The number of benzene rings is 1. The van der Waals surface area contributed by atoms with Crippen LogP contribution in [0.15, 0.2) is 42.5 Å². The summed E-state index contributed by atoms with van der Waals surface area (Å²) in [6, 6.07) is 12.9. The molecule has 0 aliphatic carbocycles. The highest BCUT2D eigenvalue weighted by atomic mass is 16.5. The van der Waals surface area contributed by atoms with Gasteiger partial charge in [-0.1, -0.05) is 18.2 Å². The lowest BCUT2D eigenvalue weighted by Gasteiger charge is -2.07. The normalized spacial score (nSPS) is 9.90. The lowest BCUT2D eigenvalue weighted by molar-refractivity contribution is 0.252. The Kier molecular flexibility index (Phi) is 4.55. The minimum absolute atomic E-state index is 0.209. The van der Waals surface area contributed by atoms with Crippen LogP contribution in [0.4, 0.5) is 10.5 Å². The number of pyridine rings is 1. The quantitative estimate of drug-likeness (QED) is 0.898. The molecule has 0 unspecified atom stereocenters. The molecule has 1 heterocycles. The molecular formula is C15H17N3O2. The number of nitrogens with zero attached hydrogens (tertiary/aromatic N) is 1. The summed E-state index contributed by atoms with van der Waals surface area (Å²) in [6.07, 6.45) is 0. The van der Waals surface area contributed by atoms with Gasteiger partial charge in [-0.2, -0.15) is 0 Å². The van der Waals surface area contributed by atoms with Crippen molar-refractivity contribution < 1.29 is 9.53 Å². The van der Waals surface area contributed by atoms with Crippen molar-refractivity contribution in [1.82, 2.24) is 10.3 Å². The van der Waals surface area contributed by atoms with Gasteiger partial charge in [-0.05, 0) is 25.1 Å². The molecule has 0 atom stereocenters. The number of ether oxygens (including phenoxy) is 1. The van der Waals surface area contributed by atoms with Gasteiger partial charge in [-0.25, -0.2) is 9.78 Å². The van der Waals surface area contributed by atoms with Gasteiger partial charge in [-0.3, -0.25) is 0 Å². The molecule has 0 saturated heterocycles. The lowest BCUT2D eigenvalue weighted by Crippen LogP contribution is -2.28. The van der Waals surface area contributed by atoms with E-state index < -0.39 is 0 Å². The van der Waals surface area contributed by atoms with Crippen LogP contribution in [0.25, 0.3) is 11.3 Å². The SMILES string of the molecule is CCNC(=O)Nc1ccc(-c2cccc(OC)n2)cc1. The first-order valence-electron chi connectivity index (χ1n) is 6.39. The second-order valence-corrected chi connectivity index (χ2v) is 4.13. The van der Waals surface area contributed by atoms with Gasteiger partial charge in [0.2, 0.25) is 5.88 Å². The fourth-order valence-corrected chi connectivity index (χ4v) is 1.75. The van der Waals surface area contributed by atoms with Gasteiger partial charge in [0, 0.05) is 23.9 Å². The molecule has 20 heavy (non-hydrogen) atoms. The van der Waals surface area contributed by atoms with Crippen LogP contribution in [-0.2, 0) is 0 Å². The average molecular weight is 271 g/mol. The van der Waals surface area contributed by atoms with E-state index in [1.54, 1.807) is 13.2 Å². The van der Waals surface area contributed by atoms with E-state index >= 15 is 0 Å². The van der Waals surface area contributed by atoms with Crippen molar-refractivity contribution in [2.45, 2.75) is 6.92 Å². The maximum Gasteiger partial charge on any atom is 0.319 e. The van der Waals surface area contributed by atoms with Crippen molar-refractivity contribution in [3.63, 3.8) is 0 Å². The van der Waals surface area contributed by atoms with E-state index in [1.165, 1.54) is 0 Å². The summed E-state index contributed by atoms with van der Waals surface area (Å²) >= 11 is 0. The first-order chi connectivity index (χ1) is 9.72. The third-order valence-corrected chi connectivity index (χ3v) is 2.71. The van der Waals surface area contributed by atoms with Gasteiger partial charge >= 0.3 is 6.03 Å². The van der Waals surface area contributed by atoms with Crippen LogP contribution in [0.1, 0.15) is 6.92 Å². The summed E-state index contributed by atoms with van der Waals surface area (Å²) < 4.78 is 5.10. The zero-order valence-electron chi connectivity index (χ0n) is 11.5. The molecule has 2 amide bonds. The number of aromatic nitrogens is 1. The fraction of sp³-hybridized carbons (Fsp3) is 0.200. The third-order valence-electron chi connectivity index (χ3n) is 2.71. The second kappa shape index (κ2) is 6.56. The molecule has 2 rings (SSSR count). The Morgan fingerprint density at radius 2 is 1.95 bits per heavy atom. The summed E-state index contributed by atoms with van der Waals surface area (Å²) in [5.41, 5.74) is 2.53. The van der Waals surface area contributed by atoms with E-state index in [4.69, 9.17) is 4.74 Å². The van der Waals surface area contributed by atoms with Crippen LogP contribution in [-0.4, -0.2) is 24.7 Å². The number of carbonyl (C=O) groups excluding carboxylic acids is 1. The zero-order valence-corrected chi connectivity index (χ0v) is 11.5. The maximum atomic E-state index is 11.4. The monoisotopic (exact) mass is 271 g/mol. The number of urea groups is 1. The minimum Gasteiger partial charge on any atom is -0.481 e. The summed E-state index contributed by atoms with van der Waals surface area (Å²) in [5.74, 6) is 0.576. The molecule has 0 aliphatic rings. The Hall–Kier alpha value is -2.56. The fourth-order valence-electron chi connectivity index (χ4n) is 1.75. The van der Waals surface area contributed by atoms with Crippen molar-refractivity contribution in [1.29, 1.82) is 0 Å². The number of amides is 2. The largest absolute Gasteiger partial charge is 0.481 e. The number of hydrogen-bond donors (Lipinski definition) is 2. The van der Waals surface area contributed by atoms with E-state index in [0.717, 1.165) is 16.9 Å². The summed E-state index contributed by atoms with van der Waals surface area (Å²) in [4.78, 5) is 15.8. The third kappa shape index (κ3) is 3.47. The van der Waals surface area contributed by atoms with Crippen molar-refractivity contribution in [2.75, 3.05) is 19.0 Å². The highest BCUT2D eigenvalue weighted by molar-refractivity contribution is 5.89. The number of anilines is 1. The van der Waals surface area contributed by atoms with Gasteiger partial charge in [-0.15, -0.1) is 0 Å².